The van der Waals surface area contributed by atoms with Crippen molar-refractivity contribution in [2.75, 3.05) is 13.2 Å². The molecule has 7 nitrogen and oxygen atoms in total. The number of benzene rings is 2. The summed E-state index contributed by atoms with van der Waals surface area (Å²) >= 11 is 13.0. The lowest BCUT2D eigenvalue weighted by molar-refractivity contribution is -0.145. The normalized spacial score (nSPS) is 11.5. The van der Waals surface area contributed by atoms with Gasteiger partial charge in [0.25, 0.3) is 5.56 Å². The second kappa shape index (κ2) is 10.6. The summed E-state index contributed by atoms with van der Waals surface area (Å²) < 4.78 is 13.1. The lowest BCUT2D eigenvalue weighted by atomic mass is 10.2. The Bertz CT molecular complexity index is 1260. The molecule has 0 aliphatic rings. The SMILES string of the molecule is CCOC(=O)COc1c(Br)cc(Cl)cc1C=Nn1c(C(C)C)nc2ccc(Br)cc2c1=O. The van der Waals surface area contributed by atoms with Crippen LogP contribution in [0, 0.1) is 0 Å². The molecule has 0 saturated heterocycles. The van der Waals surface area contributed by atoms with Gasteiger partial charge in [-0.3, -0.25) is 4.79 Å². The molecular formula is C22H20Br2ClN3O4. The van der Waals surface area contributed by atoms with Gasteiger partial charge in [-0.15, -0.1) is 0 Å². The van der Waals surface area contributed by atoms with Crippen LogP contribution in [-0.2, 0) is 9.53 Å². The van der Waals surface area contributed by atoms with E-state index in [-0.39, 0.29) is 24.7 Å². The summed E-state index contributed by atoms with van der Waals surface area (Å²) in [6.45, 7) is 5.56. The van der Waals surface area contributed by atoms with Gasteiger partial charge in [0.2, 0.25) is 0 Å². The topological polar surface area (TPSA) is 82.8 Å². The zero-order valence-electron chi connectivity index (χ0n) is 17.6. The maximum atomic E-state index is 13.2. The molecule has 2 aromatic carbocycles. The molecule has 1 aromatic heterocycles. The summed E-state index contributed by atoms with van der Waals surface area (Å²) in [6, 6.07) is 8.60. The smallest absolute Gasteiger partial charge is 0.344 e. The van der Waals surface area contributed by atoms with Crippen LogP contribution in [0.1, 0.15) is 38.1 Å². The quantitative estimate of drug-likeness (QED) is 0.269. The molecule has 10 heteroatoms. The Balaban J connectivity index is 2.09. The van der Waals surface area contributed by atoms with Crippen molar-refractivity contribution >= 4 is 66.5 Å². The van der Waals surface area contributed by atoms with Crippen LogP contribution in [0.25, 0.3) is 10.9 Å². The number of ether oxygens (including phenoxy) is 2. The molecule has 0 aliphatic carbocycles. The Morgan fingerprint density at radius 3 is 2.72 bits per heavy atom. The zero-order chi connectivity index (χ0) is 23.4. The molecule has 0 bridgehead atoms. The fourth-order valence-corrected chi connectivity index (χ4v) is 4.24. The van der Waals surface area contributed by atoms with Gasteiger partial charge in [-0.1, -0.05) is 41.4 Å². The number of carbonyl (C=O) groups is 1. The van der Waals surface area contributed by atoms with Gasteiger partial charge >= 0.3 is 5.97 Å². The standard InChI is InChI=1S/C22H20Br2ClN3O4/c1-4-31-19(29)11-32-20-13(7-15(25)9-17(20)24)10-26-28-21(12(2)3)27-18-6-5-14(23)8-16(18)22(28)30/h5-10,12H,4,11H2,1-3H3. The Kier molecular flexibility index (Phi) is 8.08. The summed E-state index contributed by atoms with van der Waals surface area (Å²) in [5.41, 5.74) is 0.772. The van der Waals surface area contributed by atoms with E-state index < -0.39 is 5.97 Å². The van der Waals surface area contributed by atoms with Crippen LogP contribution in [-0.4, -0.2) is 35.1 Å². The highest BCUT2D eigenvalue weighted by Gasteiger charge is 2.15. The monoisotopic (exact) mass is 583 g/mol. The van der Waals surface area contributed by atoms with Crippen LogP contribution in [0.15, 0.2) is 49.2 Å². The van der Waals surface area contributed by atoms with Crippen molar-refractivity contribution in [3.05, 3.63) is 66.0 Å². The number of aromatic nitrogens is 2. The van der Waals surface area contributed by atoms with Gasteiger partial charge in [-0.05, 0) is 53.2 Å². The molecule has 0 amide bonds. The molecule has 0 saturated carbocycles. The summed E-state index contributed by atoms with van der Waals surface area (Å²) in [4.78, 5) is 29.5. The van der Waals surface area contributed by atoms with Crippen LogP contribution in [0.5, 0.6) is 5.75 Å². The number of rotatable bonds is 7. The van der Waals surface area contributed by atoms with E-state index in [9.17, 15) is 9.59 Å². The third-order valence-corrected chi connectivity index (χ3v) is 5.64. The molecule has 0 aliphatic heterocycles. The molecule has 0 radical (unpaired) electrons. The molecule has 0 N–H and O–H groups in total. The minimum absolute atomic E-state index is 0.0569. The van der Waals surface area contributed by atoms with E-state index in [0.717, 1.165) is 4.47 Å². The second-order valence-electron chi connectivity index (χ2n) is 7.05. The molecule has 0 unspecified atom stereocenters. The predicted molar refractivity (Wildman–Crippen MR) is 132 cm³/mol. The fourth-order valence-electron chi connectivity index (χ4n) is 2.93. The molecule has 0 fully saturated rings. The summed E-state index contributed by atoms with van der Waals surface area (Å²) in [7, 11) is 0. The lowest BCUT2D eigenvalue weighted by Gasteiger charge is -2.13. The maximum Gasteiger partial charge on any atom is 0.344 e. The lowest BCUT2D eigenvalue weighted by Crippen LogP contribution is -2.23. The van der Waals surface area contributed by atoms with Gasteiger partial charge in [0.05, 0.1) is 28.2 Å². The Morgan fingerprint density at radius 2 is 2.03 bits per heavy atom. The Labute approximate surface area is 206 Å². The van der Waals surface area contributed by atoms with E-state index in [0.29, 0.717) is 37.5 Å². The number of nitrogens with zero attached hydrogens (tertiary/aromatic N) is 3. The molecule has 32 heavy (non-hydrogen) atoms. The highest BCUT2D eigenvalue weighted by Crippen LogP contribution is 2.32. The predicted octanol–water partition coefficient (Wildman–Crippen LogP) is 5.52. The second-order valence-corrected chi connectivity index (χ2v) is 9.25. The van der Waals surface area contributed by atoms with Crippen LogP contribution < -0.4 is 10.3 Å². The van der Waals surface area contributed by atoms with Gasteiger partial charge in [-0.2, -0.15) is 9.78 Å². The van der Waals surface area contributed by atoms with Crippen LogP contribution in [0.2, 0.25) is 5.02 Å². The van der Waals surface area contributed by atoms with E-state index in [1.807, 2.05) is 19.9 Å². The van der Waals surface area contributed by atoms with Crippen molar-refractivity contribution in [1.29, 1.82) is 0 Å². The number of halogens is 3. The first-order valence-corrected chi connectivity index (χ1v) is 11.7. The minimum Gasteiger partial charge on any atom is -0.480 e. The van der Waals surface area contributed by atoms with Gasteiger partial charge < -0.3 is 9.47 Å². The molecule has 3 aromatic rings. The highest BCUT2D eigenvalue weighted by molar-refractivity contribution is 9.10. The first-order chi connectivity index (χ1) is 15.2. The van der Waals surface area contributed by atoms with Crippen molar-refractivity contribution < 1.29 is 14.3 Å². The first kappa shape index (κ1) is 24.4. The molecule has 3 rings (SSSR count). The first-order valence-electron chi connectivity index (χ1n) is 9.75. The largest absolute Gasteiger partial charge is 0.480 e. The van der Waals surface area contributed by atoms with Crippen LogP contribution >= 0.6 is 43.5 Å². The third kappa shape index (κ3) is 5.57. The summed E-state index contributed by atoms with van der Waals surface area (Å²) in [5, 5.41) is 5.28. The summed E-state index contributed by atoms with van der Waals surface area (Å²) in [5.74, 6) is 0.302. The van der Waals surface area contributed by atoms with Crippen molar-refractivity contribution in [2.45, 2.75) is 26.7 Å². The van der Waals surface area contributed by atoms with Gasteiger partial charge in [-0.25, -0.2) is 9.78 Å². The highest BCUT2D eigenvalue weighted by atomic mass is 79.9. The van der Waals surface area contributed by atoms with Gasteiger partial charge in [0.1, 0.15) is 11.6 Å². The average Bonchev–Trinajstić information content (AvgIpc) is 2.72. The fraction of sp³-hybridized carbons (Fsp3) is 0.273. The van der Waals surface area contributed by atoms with Crippen molar-refractivity contribution in [1.82, 2.24) is 9.66 Å². The van der Waals surface area contributed by atoms with E-state index >= 15 is 0 Å². The maximum absolute atomic E-state index is 13.2. The minimum atomic E-state index is -0.500. The van der Waals surface area contributed by atoms with Gasteiger partial charge in [0.15, 0.2) is 6.61 Å². The third-order valence-electron chi connectivity index (χ3n) is 4.34. The molecule has 1 heterocycles. The van der Waals surface area contributed by atoms with E-state index in [1.165, 1.54) is 10.9 Å². The Morgan fingerprint density at radius 1 is 1.28 bits per heavy atom. The zero-order valence-corrected chi connectivity index (χ0v) is 21.5. The van der Waals surface area contributed by atoms with Crippen LogP contribution in [0.3, 0.4) is 0 Å². The van der Waals surface area contributed by atoms with Crippen molar-refractivity contribution in [2.24, 2.45) is 5.10 Å². The van der Waals surface area contributed by atoms with E-state index in [1.54, 1.807) is 31.2 Å². The Hall–Kier alpha value is -2.23. The molecule has 0 atom stereocenters. The molecule has 0 spiro atoms. The number of hydrogen-bond acceptors (Lipinski definition) is 6. The van der Waals surface area contributed by atoms with E-state index in [4.69, 9.17) is 21.1 Å². The molecular weight excluding hydrogens is 566 g/mol. The molecule has 168 valence electrons. The summed E-state index contributed by atoms with van der Waals surface area (Å²) in [6.07, 6.45) is 1.45. The van der Waals surface area contributed by atoms with Crippen molar-refractivity contribution in [3.63, 3.8) is 0 Å². The van der Waals surface area contributed by atoms with Gasteiger partial charge in [0, 0.05) is 21.0 Å². The van der Waals surface area contributed by atoms with Crippen molar-refractivity contribution in [3.8, 4) is 5.75 Å². The van der Waals surface area contributed by atoms with Crippen LogP contribution in [0.4, 0.5) is 0 Å². The number of carbonyl (C=O) groups excluding carboxylic acids is 1. The average molecular weight is 586 g/mol. The van der Waals surface area contributed by atoms with E-state index in [2.05, 4.69) is 41.9 Å². The number of fused-ring (bicyclic) bond motifs is 1. The number of hydrogen-bond donors (Lipinski definition) is 0. The number of esters is 1.